The molecule has 2 rings (SSSR count). The lowest BCUT2D eigenvalue weighted by atomic mass is 10.3. The fraction of sp³-hybridized carbons (Fsp3) is 0.231. The highest BCUT2D eigenvalue weighted by molar-refractivity contribution is 9.10. The molecule has 1 heterocycles. The van der Waals surface area contributed by atoms with Crippen molar-refractivity contribution in [3.63, 3.8) is 0 Å². The molecule has 0 aliphatic carbocycles. The first-order valence-electron chi connectivity index (χ1n) is 6.00. The number of rotatable bonds is 5. The summed E-state index contributed by atoms with van der Waals surface area (Å²) in [7, 11) is 1.53. The molecule has 0 radical (unpaired) electrons. The van der Waals surface area contributed by atoms with E-state index in [-0.39, 0.29) is 5.82 Å². The van der Waals surface area contributed by atoms with E-state index in [0.29, 0.717) is 34.1 Å². The molecule has 2 N–H and O–H groups in total. The number of aromatic nitrogens is 2. The van der Waals surface area contributed by atoms with Gasteiger partial charge in [0.1, 0.15) is 12.1 Å². The van der Waals surface area contributed by atoms with Crippen LogP contribution in [0.1, 0.15) is 6.92 Å². The van der Waals surface area contributed by atoms with Crippen molar-refractivity contribution in [3.8, 4) is 5.75 Å². The molecule has 0 unspecified atom stereocenters. The van der Waals surface area contributed by atoms with Gasteiger partial charge in [0, 0.05) is 12.2 Å². The summed E-state index contributed by atoms with van der Waals surface area (Å²) in [6.07, 6.45) is 1.41. The third kappa shape index (κ3) is 3.16. The SMILES string of the molecule is CCNc1ncnc(Nc2ccc(Br)c(F)c2)c1OC. The van der Waals surface area contributed by atoms with Crippen LogP contribution in [0.3, 0.4) is 0 Å². The highest BCUT2D eigenvalue weighted by atomic mass is 79.9. The van der Waals surface area contributed by atoms with Crippen molar-refractivity contribution >= 4 is 33.3 Å². The van der Waals surface area contributed by atoms with Crippen LogP contribution in [0, 0.1) is 5.82 Å². The smallest absolute Gasteiger partial charge is 0.204 e. The van der Waals surface area contributed by atoms with E-state index < -0.39 is 0 Å². The van der Waals surface area contributed by atoms with Crippen LogP contribution >= 0.6 is 15.9 Å². The zero-order valence-electron chi connectivity index (χ0n) is 11.1. The Bertz CT molecular complexity index is 609. The number of ether oxygens (including phenoxy) is 1. The van der Waals surface area contributed by atoms with Gasteiger partial charge >= 0.3 is 0 Å². The second-order valence-corrected chi connectivity index (χ2v) is 4.74. The van der Waals surface area contributed by atoms with Crippen LogP contribution in [0.15, 0.2) is 29.0 Å². The van der Waals surface area contributed by atoms with Gasteiger partial charge in [-0.2, -0.15) is 0 Å². The Morgan fingerprint density at radius 2 is 2.05 bits per heavy atom. The highest BCUT2D eigenvalue weighted by Crippen LogP contribution is 2.31. The van der Waals surface area contributed by atoms with E-state index in [4.69, 9.17) is 4.74 Å². The van der Waals surface area contributed by atoms with E-state index in [1.165, 1.54) is 19.5 Å². The second kappa shape index (κ2) is 6.51. The number of hydrogen-bond acceptors (Lipinski definition) is 5. The van der Waals surface area contributed by atoms with Crippen molar-refractivity contribution in [3.05, 3.63) is 34.8 Å². The summed E-state index contributed by atoms with van der Waals surface area (Å²) in [5.74, 6) is 1.19. The van der Waals surface area contributed by atoms with Crippen molar-refractivity contribution in [2.75, 3.05) is 24.3 Å². The lowest BCUT2D eigenvalue weighted by molar-refractivity contribution is 0.415. The molecule has 20 heavy (non-hydrogen) atoms. The van der Waals surface area contributed by atoms with Gasteiger partial charge in [-0.25, -0.2) is 14.4 Å². The molecule has 2 aromatic rings. The summed E-state index contributed by atoms with van der Waals surface area (Å²) in [6, 6.07) is 4.73. The molecule has 0 atom stereocenters. The Morgan fingerprint density at radius 3 is 2.70 bits per heavy atom. The van der Waals surface area contributed by atoms with Gasteiger partial charge in [0.15, 0.2) is 11.6 Å². The van der Waals surface area contributed by atoms with Crippen LogP contribution in [0.2, 0.25) is 0 Å². The summed E-state index contributed by atoms with van der Waals surface area (Å²) in [6.45, 7) is 2.67. The Hall–Kier alpha value is -1.89. The normalized spacial score (nSPS) is 10.2. The van der Waals surface area contributed by atoms with Crippen molar-refractivity contribution < 1.29 is 9.13 Å². The summed E-state index contributed by atoms with van der Waals surface area (Å²) in [5, 5.41) is 6.09. The summed E-state index contributed by atoms with van der Waals surface area (Å²) in [5.41, 5.74) is 0.574. The minimum atomic E-state index is -0.352. The summed E-state index contributed by atoms with van der Waals surface area (Å²) >= 11 is 3.11. The van der Waals surface area contributed by atoms with E-state index in [2.05, 4.69) is 36.5 Å². The molecule has 0 aliphatic heterocycles. The topological polar surface area (TPSA) is 59.1 Å². The standard InChI is InChI=1S/C13H14BrFN4O/c1-3-16-12-11(20-2)13(18-7-17-12)19-8-4-5-9(14)10(15)6-8/h4-7H,3H2,1-2H3,(H2,16,17,18,19). The lowest BCUT2D eigenvalue weighted by Crippen LogP contribution is -2.06. The van der Waals surface area contributed by atoms with Crippen LogP contribution in [0.25, 0.3) is 0 Å². The molecule has 5 nitrogen and oxygen atoms in total. The van der Waals surface area contributed by atoms with Crippen molar-refractivity contribution in [1.82, 2.24) is 9.97 Å². The Kier molecular flexibility index (Phi) is 4.73. The zero-order valence-corrected chi connectivity index (χ0v) is 12.7. The van der Waals surface area contributed by atoms with Crippen LogP contribution < -0.4 is 15.4 Å². The number of anilines is 3. The van der Waals surface area contributed by atoms with Gasteiger partial charge in [-0.3, -0.25) is 0 Å². The molecule has 0 amide bonds. The fourth-order valence-corrected chi connectivity index (χ4v) is 1.91. The van der Waals surface area contributed by atoms with Gasteiger partial charge in [0.05, 0.1) is 11.6 Å². The van der Waals surface area contributed by atoms with E-state index in [1.807, 2.05) is 6.92 Å². The van der Waals surface area contributed by atoms with Gasteiger partial charge in [-0.1, -0.05) is 0 Å². The summed E-state index contributed by atoms with van der Waals surface area (Å²) in [4.78, 5) is 8.22. The average Bonchev–Trinajstić information content (AvgIpc) is 2.44. The first kappa shape index (κ1) is 14.5. The average molecular weight is 341 g/mol. The first-order valence-corrected chi connectivity index (χ1v) is 6.80. The van der Waals surface area contributed by atoms with E-state index >= 15 is 0 Å². The van der Waals surface area contributed by atoms with Gasteiger partial charge < -0.3 is 15.4 Å². The number of benzene rings is 1. The minimum absolute atomic E-state index is 0.352. The largest absolute Gasteiger partial charge is 0.490 e. The van der Waals surface area contributed by atoms with Crippen molar-refractivity contribution in [2.45, 2.75) is 6.92 Å². The van der Waals surface area contributed by atoms with E-state index in [1.54, 1.807) is 12.1 Å². The van der Waals surface area contributed by atoms with Crippen LogP contribution in [-0.4, -0.2) is 23.6 Å². The monoisotopic (exact) mass is 340 g/mol. The predicted molar refractivity (Wildman–Crippen MR) is 80.1 cm³/mol. The van der Waals surface area contributed by atoms with Crippen molar-refractivity contribution in [1.29, 1.82) is 0 Å². The molecule has 0 spiro atoms. The maximum Gasteiger partial charge on any atom is 0.204 e. The van der Waals surface area contributed by atoms with Crippen molar-refractivity contribution in [2.24, 2.45) is 0 Å². The Balaban J connectivity index is 2.32. The molecule has 0 saturated heterocycles. The van der Waals surface area contributed by atoms with Crippen LogP contribution in [0.5, 0.6) is 5.75 Å². The molecule has 0 bridgehead atoms. The van der Waals surface area contributed by atoms with Gasteiger partial charge in [0.2, 0.25) is 5.75 Å². The van der Waals surface area contributed by atoms with Gasteiger partial charge in [-0.15, -0.1) is 0 Å². The Morgan fingerprint density at radius 1 is 1.30 bits per heavy atom. The maximum atomic E-state index is 13.5. The summed E-state index contributed by atoms with van der Waals surface area (Å²) < 4.78 is 19.2. The lowest BCUT2D eigenvalue weighted by Gasteiger charge is -2.13. The van der Waals surface area contributed by atoms with E-state index in [9.17, 15) is 4.39 Å². The number of methoxy groups -OCH3 is 1. The Labute approximate surface area is 124 Å². The van der Waals surface area contributed by atoms with Gasteiger partial charge in [-0.05, 0) is 41.1 Å². The number of halogens is 2. The third-order valence-corrected chi connectivity index (χ3v) is 3.18. The second-order valence-electron chi connectivity index (χ2n) is 3.89. The molecule has 0 saturated carbocycles. The van der Waals surface area contributed by atoms with E-state index in [0.717, 1.165) is 0 Å². The zero-order chi connectivity index (χ0) is 14.5. The fourth-order valence-electron chi connectivity index (χ4n) is 1.66. The number of hydrogen-bond donors (Lipinski definition) is 2. The quantitative estimate of drug-likeness (QED) is 0.871. The molecule has 0 fully saturated rings. The molecule has 0 aliphatic rings. The third-order valence-electron chi connectivity index (χ3n) is 2.53. The number of nitrogens with zero attached hydrogens (tertiary/aromatic N) is 2. The first-order chi connectivity index (χ1) is 9.65. The predicted octanol–water partition coefficient (Wildman–Crippen LogP) is 3.56. The highest BCUT2D eigenvalue weighted by Gasteiger charge is 2.12. The minimum Gasteiger partial charge on any atom is -0.490 e. The maximum absolute atomic E-state index is 13.5. The molecule has 106 valence electrons. The molecule has 1 aromatic carbocycles. The molecule has 1 aromatic heterocycles. The molecular formula is C13H14BrFN4O. The van der Waals surface area contributed by atoms with Gasteiger partial charge in [0.25, 0.3) is 0 Å². The number of nitrogens with one attached hydrogen (secondary N) is 2. The van der Waals surface area contributed by atoms with Crippen LogP contribution in [-0.2, 0) is 0 Å². The van der Waals surface area contributed by atoms with Crippen LogP contribution in [0.4, 0.5) is 21.7 Å². The molecular weight excluding hydrogens is 327 g/mol. The molecule has 7 heteroatoms.